The second kappa shape index (κ2) is 7.48. The Balaban J connectivity index is 2.48. The van der Waals surface area contributed by atoms with Crippen LogP contribution in [-0.4, -0.2) is 16.9 Å². The average Bonchev–Trinajstić information content (AvgIpc) is 2.36. The Morgan fingerprint density at radius 2 is 1.89 bits per heavy atom. The summed E-state index contributed by atoms with van der Waals surface area (Å²) in [6, 6.07) is 6.52. The molecule has 4 N–H and O–H groups in total. The van der Waals surface area contributed by atoms with Gasteiger partial charge in [-0.3, -0.25) is 9.59 Å². The van der Waals surface area contributed by atoms with Gasteiger partial charge in [0.2, 0.25) is 11.8 Å². The van der Waals surface area contributed by atoms with Crippen molar-refractivity contribution in [2.45, 2.75) is 26.2 Å². The molecule has 0 aliphatic heterocycles. The number of unbranched alkanes of at least 4 members (excludes halogenated alkanes) is 1. The topological polar surface area (TPSA) is 84.2 Å². The zero-order chi connectivity index (χ0) is 14.3. The third kappa shape index (κ3) is 5.48. The van der Waals surface area contributed by atoms with Gasteiger partial charge < -0.3 is 16.4 Å². The first-order valence-corrected chi connectivity index (χ1v) is 6.44. The molecule has 1 aromatic carbocycles. The molecule has 0 bridgehead atoms. The number of nitrogens with two attached hydrogens (primary N) is 1. The largest absolute Gasteiger partial charge is 0.366 e. The van der Waals surface area contributed by atoms with Crippen LogP contribution in [-0.2, 0) is 4.79 Å². The SMILES string of the molecule is CCCCC(=O)NC(=S)Nc1ccc(C(N)=O)cc1. The van der Waals surface area contributed by atoms with E-state index in [2.05, 4.69) is 10.6 Å². The summed E-state index contributed by atoms with van der Waals surface area (Å²) < 4.78 is 0. The van der Waals surface area contributed by atoms with Gasteiger partial charge in [0.1, 0.15) is 0 Å². The summed E-state index contributed by atoms with van der Waals surface area (Å²) in [6.45, 7) is 2.02. The molecule has 0 saturated heterocycles. The molecule has 0 fully saturated rings. The number of anilines is 1. The monoisotopic (exact) mass is 279 g/mol. The quantitative estimate of drug-likeness (QED) is 0.717. The van der Waals surface area contributed by atoms with E-state index in [0.717, 1.165) is 12.8 Å². The van der Waals surface area contributed by atoms with Gasteiger partial charge in [-0.2, -0.15) is 0 Å². The molecule has 102 valence electrons. The lowest BCUT2D eigenvalue weighted by Crippen LogP contribution is -2.33. The van der Waals surface area contributed by atoms with Crippen molar-refractivity contribution in [2.75, 3.05) is 5.32 Å². The number of amides is 2. The zero-order valence-corrected chi connectivity index (χ0v) is 11.5. The molecule has 0 atom stereocenters. The van der Waals surface area contributed by atoms with Gasteiger partial charge in [0.15, 0.2) is 5.11 Å². The van der Waals surface area contributed by atoms with Crippen molar-refractivity contribution in [2.24, 2.45) is 5.73 Å². The van der Waals surface area contributed by atoms with E-state index < -0.39 is 5.91 Å². The van der Waals surface area contributed by atoms with Gasteiger partial charge in [0.05, 0.1) is 0 Å². The van der Waals surface area contributed by atoms with Crippen LogP contribution in [0.4, 0.5) is 5.69 Å². The summed E-state index contributed by atoms with van der Waals surface area (Å²) in [6.07, 6.45) is 2.25. The molecule has 0 spiro atoms. The average molecular weight is 279 g/mol. The second-order valence-corrected chi connectivity index (χ2v) is 4.46. The number of nitrogens with one attached hydrogen (secondary N) is 2. The van der Waals surface area contributed by atoms with Gasteiger partial charge in [-0.15, -0.1) is 0 Å². The van der Waals surface area contributed by atoms with Gasteiger partial charge in [-0.05, 0) is 42.9 Å². The zero-order valence-electron chi connectivity index (χ0n) is 10.7. The number of carbonyl (C=O) groups is 2. The molecule has 0 saturated carbocycles. The normalized spacial score (nSPS) is 9.74. The highest BCUT2D eigenvalue weighted by Gasteiger charge is 2.05. The van der Waals surface area contributed by atoms with Crippen LogP contribution in [0.1, 0.15) is 36.5 Å². The fraction of sp³-hybridized carbons (Fsp3) is 0.308. The van der Waals surface area contributed by atoms with Crippen molar-refractivity contribution in [1.29, 1.82) is 0 Å². The smallest absolute Gasteiger partial charge is 0.248 e. The molecule has 2 amide bonds. The highest BCUT2D eigenvalue weighted by Crippen LogP contribution is 2.09. The van der Waals surface area contributed by atoms with E-state index in [1.807, 2.05) is 6.92 Å². The Morgan fingerprint density at radius 3 is 2.42 bits per heavy atom. The molecule has 19 heavy (non-hydrogen) atoms. The highest BCUT2D eigenvalue weighted by atomic mass is 32.1. The van der Waals surface area contributed by atoms with Crippen LogP contribution in [0.5, 0.6) is 0 Å². The molecule has 0 aromatic heterocycles. The van der Waals surface area contributed by atoms with Crippen molar-refractivity contribution in [3.8, 4) is 0 Å². The van der Waals surface area contributed by atoms with E-state index in [9.17, 15) is 9.59 Å². The van der Waals surface area contributed by atoms with E-state index in [1.54, 1.807) is 24.3 Å². The number of hydrogen-bond acceptors (Lipinski definition) is 3. The van der Waals surface area contributed by atoms with E-state index in [0.29, 0.717) is 17.7 Å². The van der Waals surface area contributed by atoms with Crippen LogP contribution in [0.2, 0.25) is 0 Å². The summed E-state index contributed by atoms with van der Waals surface area (Å²) in [5.74, 6) is -0.588. The molecule has 0 heterocycles. The summed E-state index contributed by atoms with van der Waals surface area (Å²) in [7, 11) is 0. The van der Waals surface area contributed by atoms with E-state index in [4.69, 9.17) is 18.0 Å². The van der Waals surface area contributed by atoms with Crippen LogP contribution in [0.15, 0.2) is 24.3 Å². The molecule has 0 unspecified atom stereocenters. The molecule has 0 aliphatic rings. The van der Waals surface area contributed by atoms with Crippen LogP contribution in [0.25, 0.3) is 0 Å². The maximum atomic E-state index is 11.4. The first kappa shape index (κ1) is 15.1. The fourth-order valence-corrected chi connectivity index (χ4v) is 1.64. The van der Waals surface area contributed by atoms with Crippen LogP contribution >= 0.6 is 12.2 Å². The van der Waals surface area contributed by atoms with E-state index >= 15 is 0 Å². The van der Waals surface area contributed by atoms with Crippen molar-refractivity contribution >= 4 is 34.8 Å². The lowest BCUT2D eigenvalue weighted by molar-refractivity contribution is -0.119. The van der Waals surface area contributed by atoms with Crippen LogP contribution in [0.3, 0.4) is 0 Å². The van der Waals surface area contributed by atoms with Gasteiger partial charge >= 0.3 is 0 Å². The minimum Gasteiger partial charge on any atom is -0.366 e. The minimum atomic E-state index is -0.484. The first-order chi connectivity index (χ1) is 9.02. The number of primary amides is 1. The summed E-state index contributed by atoms with van der Waals surface area (Å²) in [5.41, 5.74) is 6.24. The Labute approximate surface area is 117 Å². The summed E-state index contributed by atoms with van der Waals surface area (Å²) in [5, 5.41) is 5.70. The fourth-order valence-electron chi connectivity index (χ4n) is 1.41. The Kier molecular flexibility index (Phi) is 5.95. The van der Waals surface area contributed by atoms with E-state index in [1.165, 1.54) is 0 Å². The van der Waals surface area contributed by atoms with Crippen molar-refractivity contribution in [3.05, 3.63) is 29.8 Å². The highest BCUT2D eigenvalue weighted by molar-refractivity contribution is 7.80. The molecule has 6 heteroatoms. The Bertz CT molecular complexity index is 471. The molecular formula is C13H17N3O2S. The number of carbonyl (C=O) groups excluding carboxylic acids is 2. The van der Waals surface area contributed by atoms with E-state index in [-0.39, 0.29) is 11.0 Å². The second-order valence-electron chi connectivity index (χ2n) is 4.05. The summed E-state index contributed by atoms with van der Waals surface area (Å²) >= 11 is 5.01. The maximum absolute atomic E-state index is 11.4. The predicted octanol–water partition coefficient (Wildman–Crippen LogP) is 1.79. The number of thiocarbonyl (C=S) groups is 1. The van der Waals surface area contributed by atoms with Gasteiger partial charge in [-0.1, -0.05) is 13.3 Å². The third-order valence-corrected chi connectivity index (χ3v) is 2.64. The molecule has 0 radical (unpaired) electrons. The minimum absolute atomic E-state index is 0.104. The van der Waals surface area contributed by atoms with Gasteiger partial charge in [0.25, 0.3) is 0 Å². The summed E-state index contributed by atoms with van der Waals surface area (Å²) in [4.78, 5) is 22.3. The molecule has 5 nitrogen and oxygen atoms in total. The maximum Gasteiger partial charge on any atom is 0.248 e. The molecule has 1 rings (SSSR count). The standard InChI is InChI=1S/C13H17N3O2S/c1-2-3-4-11(17)16-13(19)15-10-7-5-9(6-8-10)12(14)18/h5-8H,2-4H2,1H3,(H2,14,18)(H2,15,16,17,19). The molecule has 0 aliphatic carbocycles. The number of hydrogen-bond donors (Lipinski definition) is 3. The number of benzene rings is 1. The predicted molar refractivity (Wildman–Crippen MR) is 78.8 cm³/mol. The van der Waals surface area contributed by atoms with Crippen molar-refractivity contribution in [1.82, 2.24) is 5.32 Å². The first-order valence-electron chi connectivity index (χ1n) is 6.03. The van der Waals surface area contributed by atoms with Gasteiger partial charge in [-0.25, -0.2) is 0 Å². The van der Waals surface area contributed by atoms with Crippen LogP contribution < -0.4 is 16.4 Å². The molecule has 1 aromatic rings. The lowest BCUT2D eigenvalue weighted by atomic mass is 10.2. The lowest BCUT2D eigenvalue weighted by Gasteiger charge is -2.09. The number of rotatable bonds is 5. The Morgan fingerprint density at radius 1 is 1.26 bits per heavy atom. The third-order valence-electron chi connectivity index (χ3n) is 2.44. The van der Waals surface area contributed by atoms with Gasteiger partial charge in [0, 0.05) is 17.7 Å². The van der Waals surface area contributed by atoms with Crippen LogP contribution in [0, 0.1) is 0 Å². The van der Waals surface area contributed by atoms with Crippen molar-refractivity contribution in [3.63, 3.8) is 0 Å². The molecular weight excluding hydrogens is 262 g/mol. The van der Waals surface area contributed by atoms with Crippen molar-refractivity contribution < 1.29 is 9.59 Å². The Hall–Kier alpha value is -1.95.